The van der Waals surface area contributed by atoms with Crippen LogP contribution in [0.4, 0.5) is 14.5 Å². The van der Waals surface area contributed by atoms with Crippen LogP contribution < -0.4 is 11.0 Å². The van der Waals surface area contributed by atoms with E-state index in [1.807, 2.05) is 0 Å². The van der Waals surface area contributed by atoms with Crippen molar-refractivity contribution in [3.05, 3.63) is 40.3 Å². The number of aromatic nitrogens is 3. The zero-order chi connectivity index (χ0) is 18.7. The molecule has 0 spiro atoms. The highest BCUT2D eigenvalue weighted by atomic mass is 32.2. The number of carbonyl (C=O) groups is 1. The molecule has 0 bridgehead atoms. The Bertz CT molecular complexity index is 828. The highest BCUT2D eigenvalue weighted by Gasteiger charge is 2.24. The first kappa shape index (κ1) is 18.6. The van der Waals surface area contributed by atoms with Crippen molar-refractivity contribution < 1.29 is 18.3 Å². The minimum absolute atomic E-state index is 0.0682. The number of thioether (sulfide) groups is 1. The second kappa shape index (κ2) is 8.00. The number of carbonyl (C=O) groups excluding carboxylic acids is 1. The number of halogens is 2. The van der Waals surface area contributed by atoms with Crippen LogP contribution in [-0.2, 0) is 16.1 Å². The monoisotopic (exact) mass is 384 g/mol. The first-order valence-corrected chi connectivity index (χ1v) is 9.02. The van der Waals surface area contributed by atoms with Gasteiger partial charge in [-0.3, -0.25) is 9.36 Å². The summed E-state index contributed by atoms with van der Waals surface area (Å²) >= 11 is 1.02. The molecule has 0 unspecified atom stereocenters. The van der Waals surface area contributed by atoms with E-state index < -0.39 is 34.2 Å². The molecule has 7 nitrogen and oxygen atoms in total. The molecule has 2 atom stereocenters. The van der Waals surface area contributed by atoms with Crippen LogP contribution in [0.2, 0.25) is 0 Å². The van der Waals surface area contributed by atoms with Gasteiger partial charge in [0, 0.05) is 6.61 Å². The lowest BCUT2D eigenvalue weighted by Crippen LogP contribution is -2.27. The minimum atomic E-state index is -0.856. The maximum absolute atomic E-state index is 13.7. The smallest absolute Gasteiger partial charge is 0.344 e. The van der Waals surface area contributed by atoms with Crippen LogP contribution >= 0.6 is 11.8 Å². The van der Waals surface area contributed by atoms with Gasteiger partial charge >= 0.3 is 5.69 Å². The molecule has 2 heterocycles. The van der Waals surface area contributed by atoms with Gasteiger partial charge in [0.1, 0.15) is 17.3 Å². The number of nitrogens with one attached hydrogen (secondary N) is 2. The fourth-order valence-corrected chi connectivity index (χ4v) is 3.47. The summed E-state index contributed by atoms with van der Waals surface area (Å²) in [5.41, 5.74) is -0.889. The van der Waals surface area contributed by atoms with Crippen LogP contribution in [0.3, 0.4) is 0 Å². The average Bonchev–Trinajstić information content (AvgIpc) is 3.23. The van der Waals surface area contributed by atoms with Gasteiger partial charge in [0.05, 0.1) is 17.9 Å². The molecule has 0 radical (unpaired) electrons. The SMILES string of the molecule is C[C@@H](Sc1n[nH]c(=O)n1C[C@H]1CCCO1)C(=O)Nc1c(F)cccc1F. The van der Waals surface area contributed by atoms with Gasteiger partial charge in [-0.25, -0.2) is 18.7 Å². The topological polar surface area (TPSA) is 89.0 Å². The zero-order valence-electron chi connectivity index (χ0n) is 14.0. The fourth-order valence-electron chi connectivity index (χ4n) is 2.60. The maximum atomic E-state index is 13.7. The molecule has 1 aromatic carbocycles. The van der Waals surface area contributed by atoms with Gasteiger partial charge in [0.2, 0.25) is 5.91 Å². The Morgan fingerprint density at radius 3 is 2.88 bits per heavy atom. The van der Waals surface area contributed by atoms with Crippen molar-refractivity contribution in [3.63, 3.8) is 0 Å². The number of aromatic amines is 1. The molecular formula is C16H18F2N4O3S. The van der Waals surface area contributed by atoms with Crippen LogP contribution in [-0.4, -0.2) is 38.6 Å². The Labute approximate surface area is 152 Å². The number of para-hydroxylation sites is 1. The zero-order valence-corrected chi connectivity index (χ0v) is 14.8. The van der Waals surface area contributed by atoms with Gasteiger partial charge in [0.15, 0.2) is 5.16 Å². The number of benzene rings is 1. The lowest BCUT2D eigenvalue weighted by atomic mass is 10.2. The summed E-state index contributed by atoms with van der Waals surface area (Å²) in [5.74, 6) is -2.31. The van der Waals surface area contributed by atoms with E-state index in [0.29, 0.717) is 18.3 Å². The Kier molecular flexibility index (Phi) is 5.72. The van der Waals surface area contributed by atoms with Crippen LogP contribution in [0.15, 0.2) is 28.2 Å². The largest absolute Gasteiger partial charge is 0.376 e. The van der Waals surface area contributed by atoms with Gasteiger partial charge in [-0.05, 0) is 31.9 Å². The van der Waals surface area contributed by atoms with Crippen molar-refractivity contribution in [2.45, 2.75) is 42.8 Å². The minimum Gasteiger partial charge on any atom is -0.376 e. The third-order valence-electron chi connectivity index (χ3n) is 4.00. The van der Waals surface area contributed by atoms with Gasteiger partial charge in [0.25, 0.3) is 0 Å². The summed E-state index contributed by atoms with van der Waals surface area (Å²) in [5, 5.41) is 8.11. The molecule has 0 saturated carbocycles. The summed E-state index contributed by atoms with van der Waals surface area (Å²) in [7, 11) is 0. The summed E-state index contributed by atoms with van der Waals surface area (Å²) in [4.78, 5) is 24.2. The first-order chi connectivity index (χ1) is 12.5. The Morgan fingerprint density at radius 2 is 2.23 bits per heavy atom. The number of hydrogen-bond donors (Lipinski definition) is 2. The number of H-pyrrole nitrogens is 1. The quantitative estimate of drug-likeness (QED) is 0.745. The third kappa shape index (κ3) is 4.13. The van der Waals surface area contributed by atoms with E-state index in [1.165, 1.54) is 10.6 Å². The van der Waals surface area contributed by atoms with Crippen molar-refractivity contribution in [2.75, 3.05) is 11.9 Å². The maximum Gasteiger partial charge on any atom is 0.344 e. The molecule has 1 aromatic heterocycles. The summed E-state index contributed by atoms with van der Waals surface area (Å²) < 4.78 is 34.2. The molecule has 26 heavy (non-hydrogen) atoms. The molecule has 1 aliphatic rings. The van der Waals surface area contributed by atoms with Gasteiger partial charge in [-0.1, -0.05) is 17.8 Å². The number of anilines is 1. The number of hydrogen-bond acceptors (Lipinski definition) is 5. The molecule has 1 saturated heterocycles. The van der Waals surface area contributed by atoms with Gasteiger partial charge in [-0.15, -0.1) is 5.10 Å². The first-order valence-electron chi connectivity index (χ1n) is 8.14. The summed E-state index contributed by atoms with van der Waals surface area (Å²) in [6.45, 7) is 2.56. The van der Waals surface area contributed by atoms with E-state index in [0.717, 1.165) is 36.7 Å². The second-order valence-corrected chi connectivity index (χ2v) is 7.21. The van der Waals surface area contributed by atoms with Crippen LogP contribution in [0.5, 0.6) is 0 Å². The molecule has 1 aliphatic heterocycles. The highest BCUT2D eigenvalue weighted by molar-refractivity contribution is 8.00. The average molecular weight is 384 g/mol. The molecule has 140 valence electrons. The van der Waals surface area contributed by atoms with E-state index >= 15 is 0 Å². The van der Waals surface area contributed by atoms with E-state index in [-0.39, 0.29) is 6.10 Å². The normalized spacial score (nSPS) is 18.0. The third-order valence-corrected chi connectivity index (χ3v) is 5.09. The van der Waals surface area contributed by atoms with E-state index in [2.05, 4.69) is 15.5 Å². The molecular weight excluding hydrogens is 366 g/mol. The van der Waals surface area contributed by atoms with Crippen LogP contribution in [0.1, 0.15) is 19.8 Å². The number of amides is 1. The predicted molar refractivity (Wildman–Crippen MR) is 92.1 cm³/mol. The molecule has 2 N–H and O–H groups in total. The Morgan fingerprint density at radius 1 is 1.50 bits per heavy atom. The van der Waals surface area contributed by atoms with Crippen molar-refractivity contribution in [1.29, 1.82) is 0 Å². The molecule has 0 aliphatic carbocycles. The Hall–Kier alpha value is -2.20. The summed E-state index contributed by atoms with van der Waals surface area (Å²) in [6, 6.07) is 3.33. The Balaban J connectivity index is 1.68. The molecule has 3 rings (SSSR count). The second-order valence-electron chi connectivity index (χ2n) is 5.90. The number of rotatable bonds is 6. The summed E-state index contributed by atoms with van der Waals surface area (Å²) in [6.07, 6.45) is 1.72. The highest BCUT2D eigenvalue weighted by Crippen LogP contribution is 2.24. The molecule has 1 fully saturated rings. The lowest BCUT2D eigenvalue weighted by Gasteiger charge is -2.14. The fraction of sp³-hybridized carbons (Fsp3) is 0.438. The van der Waals surface area contributed by atoms with Crippen molar-refractivity contribution >= 4 is 23.4 Å². The predicted octanol–water partition coefficient (Wildman–Crippen LogP) is 2.15. The van der Waals surface area contributed by atoms with Crippen LogP contribution in [0, 0.1) is 11.6 Å². The molecule has 10 heteroatoms. The standard InChI is InChI=1S/C16H18F2N4O3S/c1-9(14(23)19-13-11(17)5-2-6-12(13)18)26-16-21-20-15(24)22(16)8-10-4-3-7-25-10/h2,5-6,9-10H,3-4,7-8H2,1H3,(H,19,23)(H,20,24)/t9-,10-/m1/s1. The van der Waals surface area contributed by atoms with Crippen molar-refractivity contribution in [2.24, 2.45) is 0 Å². The lowest BCUT2D eigenvalue weighted by molar-refractivity contribution is -0.115. The van der Waals surface area contributed by atoms with Gasteiger partial charge < -0.3 is 10.1 Å². The van der Waals surface area contributed by atoms with Gasteiger partial charge in [-0.2, -0.15) is 0 Å². The van der Waals surface area contributed by atoms with Crippen molar-refractivity contribution in [1.82, 2.24) is 14.8 Å². The van der Waals surface area contributed by atoms with E-state index in [9.17, 15) is 18.4 Å². The van der Waals surface area contributed by atoms with E-state index in [4.69, 9.17) is 4.74 Å². The number of ether oxygens (including phenoxy) is 1. The number of nitrogens with zero attached hydrogens (tertiary/aromatic N) is 2. The van der Waals surface area contributed by atoms with Crippen LogP contribution in [0.25, 0.3) is 0 Å². The molecule has 2 aromatic rings. The molecule has 1 amide bonds. The van der Waals surface area contributed by atoms with E-state index in [1.54, 1.807) is 6.92 Å². The van der Waals surface area contributed by atoms with Crippen molar-refractivity contribution in [3.8, 4) is 0 Å².